The van der Waals surface area contributed by atoms with Gasteiger partial charge in [0.05, 0.1) is 12.7 Å². The van der Waals surface area contributed by atoms with Gasteiger partial charge >= 0.3 is 0 Å². The van der Waals surface area contributed by atoms with E-state index in [2.05, 4.69) is 5.32 Å². The molecule has 0 aliphatic heterocycles. The minimum absolute atomic E-state index is 0.0536. The first-order valence-corrected chi connectivity index (χ1v) is 6.82. The lowest BCUT2D eigenvalue weighted by molar-refractivity contribution is 0.0948. The van der Waals surface area contributed by atoms with Gasteiger partial charge in [0.15, 0.2) is 0 Å². The first-order chi connectivity index (χ1) is 9.78. The minimum atomic E-state index is -0.0536. The Morgan fingerprint density at radius 1 is 1.10 bits per heavy atom. The minimum Gasteiger partial charge on any atom is -0.496 e. The average molecular weight is 267 g/mol. The van der Waals surface area contributed by atoms with Crippen molar-refractivity contribution in [3.63, 3.8) is 0 Å². The van der Waals surface area contributed by atoms with E-state index in [4.69, 9.17) is 4.74 Å². The van der Waals surface area contributed by atoms with Crippen molar-refractivity contribution in [2.45, 2.75) is 18.9 Å². The van der Waals surface area contributed by atoms with Crippen molar-refractivity contribution in [3.05, 3.63) is 54.1 Å². The number of ether oxygens (including phenoxy) is 1. The van der Waals surface area contributed by atoms with Gasteiger partial charge in [0.1, 0.15) is 5.75 Å². The summed E-state index contributed by atoms with van der Waals surface area (Å²) in [4.78, 5) is 12.3. The van der Waals surface area contributed by atoms with Gasteiger partial charge < -0.3 is 10.1 Å². The van der Waals surface area contributed by atoms with E-state index in [1.54, 1.807) is 7.11 Å². The highest BCUT2D eigenvalue weighted by Gasteiger charge is 2.25. The van der Waals surface area contributed by atoms with Crippen LogP contribution in [0, 0.1) is 0 Å². The van der Waals surface area contributed by atoms with E-state index in [1.807, 2.05) is 48.5 Å². The zero-order chi connectivity index (χ0) is 13.9. The largest absolute Gasteiger partial charge is 0.496 e. The number of methoxy groups -OCH3 is 1. The van der Waals surface area contributed by atoms with Crippen LogP contribution in [0.1, 0.15) is 23.2 Å². The highest BCUT2D eigenvalue weighted by molar-refractivity contribution is 5.98. The molecule has 0 atom stereocenters. The summed E-state index contributed by atoms with van der Waals surface area (Å²) in [5.41, 5.74) is 2.71. The quantitative estimate of drug-likeness (QED) is 0.923. The third-order valence-corrected chi connectivity index (χ3v) is 3.46. The molecule has 3 nitrogen and oxygen atoms in total. The van der Waals surface area contributed by atoms with Crippen molar-refractivity contribution < 1.29 is 9.53 Å². The fraction of sp³-hybridized carbons (Fsp3) is 0.235. The van der Waals surface area contributed by atoms with Gasteiger partial charge in [-0.15, -0.1) is 0 Å². The van der Waals surface area contributed by atoms with Gasteiger partial charge in [-0.25, -0.2) is 0 Å². The maximum absolute atomic E-state index is 12.3. The van der Waals surface area contributed by atoms with Crippen molar-refractivity contribution in [2.75, 3.05) is 7.11 Å². The van der Waals surface area contributed by atoms with Crippen LogP contribution in [0.15, 0.2) is 48.5 Å². The van der Waals surface area contributed by atoms with Gasteiger partial charge in [0.25, 0.3) is 5.91 Å². The summed E-state index contributed by atoms with van der Waals surface area (Å²) in [6.45, 7) is 0. The van der Waals surface area contributed by atoms with Crippen molar-refractivity contribution >= 4 is 5.91 Å². The first-order valence-electron chi connectivity index (χ1n) is 6.82. The van der Waals surface area contributed by atoms with Crippen LogP contribution < -0.4 is 10.1 Å². The molecule has 0 spiro atoms. The van der Waals surface area contributed by atoms with Crippen LogP contribution in [0.5, 0.6) is 5.75 Å². The highest BCUT2D eigenvalue weighted by atomic mass is 16.5. The Kier molecular flexibility index (Phi) is 3.42. The zero-order valence-corrected chi connectivity index (χ0v) is 11.4. The summed E-state index contributed by atoms with van der Waals surface area (Å²) in [5.74, 6) is 0.560. The van der Waals surface area contributed by atoms with Gasteiger partial charge in [-0.1, -0.05) is 36.4 Å². The number of hydrogen-bond acceptors (Lipinski definition) is 2. The van der Waals surface area contributed by atoms with Crippen LogP contribution in [0.25, 0.3) is 11.1 Å². The molecule has 20 heavy (non-hydrogen) atoms. The molecule has 0 saturated heterocycles. The lowest BCUT2D eigenvalue weighted by Gasteiger charge is -2.11. The molecule has 102 valence electrons. The van der Waals surface area contributed by atoms with E-state index in [0.29, 0.717) is 17.4 Å². The molecule has 0 unspecified atom stereocenters. The number of carbonyl (C=O) groups is 1. The summed E-state index contributed by atoms with van der Waals surface area (Å²) in [5, 5.41) is 3.00. The molecule has 3 heteroatoms. The van der Waals surface area contributed by atoms with Gasteiger partial charge in [-0.05, 0) is 36.1 Å². The molecule has 1 fully saturated rings. The molecule has 0 radical (unpaired) electrons. The Balaban J connectivity index is 1.95. The predicted octanol–water partition coefficient (Wildman–Crippen LogP) is 3.25. The second kappa shape index (κ2) is 5.37. The molecule has 0 aromatic heterocycles. The maximum atomic E-state index is 12.3. The van der Waals surface area contributed by atoms with E-state index >= 15 is 0 Å². The number of amides is 1. The summed E-state index contributed by atoms with van der Waals surface area (Å²) in [7, 11) is 1.59. The average Bonchev–Trinajstić information content (AvgIpc) is 3.31. The van der Waals surface area contributed by atoms with Crippen LogP contribution >= 0.6 is 0 Å². The van der Waals surface area contributed by atoms with Crippen molar-refractivity contribution in [1.82, 2.24) is 5.32 Å². The van der Waals surface area contributed by atoms with Gasteiger partial charge in [0.2, 0.25) is 0 Å². The third kappa shape index (κ3) is 2.67. The zero-order valence-electron chi connectivity index (χ0n) is 11.4. The molecule has 1 aliphatic rings. The SMILES string of the molecule is COc1ccc(-c2ccccc2)cc1C(=O)NC1CC1. The summed E-state index contributed by atoms with van der Waals surface area (Å²) >= 11 is 0. The van der Waals surface area contributed by atoms with Gasteiger partial charge in [0, 0.05) is 6.04 Å². The molecule has 0 heterocycles. The van der Waals surface area contributed by atoms with Crippen LogP contribution in [0.4, 0.5) is 0 Å². The molecular weight excluding hydrogens is 250 g/mol. The second-order valence-electron chi connectivity index (χ2n) is 5.03. The number of benzene rings is 2. The summed E-state index contributed by atoms with van der Waals surface area (Å²) in [6, 6.07) is 16.1. The lowest BCUT2D eigenvalue weighted by Crippen LogP contribution is -2.25. The Morgan fingerprint density at radius 2 is 1.85 bits per heavy atom. The van der Waals surface area contributed by atoms with E-state index in [1.165, 1.54) is 0 Å². The van der Waals surface area contributed by atoms with Gasteiger partial charge in [-0.3, -0.25) is 4.79 Å². The Labute approximate surface area is 118 Å². The Morgan fingerprint density at radius 3 is 2.50 bits per heavy atom. The van der Waals surface area contributed by atoms with E-state index < -0.39 is 0 Å². The summed E-state index contributed by atoms with van der Waals surface area (Å²) in [6.07, 6.45) is 2.15. The van der Waals surface area contributed by atoms with Crippen LogP contribution in [0.2, 0.25) is 0 Å². The van der Waals surface area contributed by atoms with Gasteiger partial charge in [-0.2, -0.15) is 0 Å². The molecule has 1 N–H and O–H groups in total. The first kappa shape index (κ1) is 12.7. The normalized spacial score (nSPS) is 13.8. The van der Waals surface area contributed by atoms with Crippen LogP contribution in [-0.2, 0) is 0 Å². The summed E-state index contributed by atoms with van der Waals surface area (Å²) < 4.78 is 5.30. The van der Waals surface area contributed by atoms with Crippen molar-refractivity contribution in [1.29, 1.82) is 0 Å². The standard InChI is InChI=1S/C17H17NO2/c1-20-16-10-7-13(12-5-3-2-4-6-12)11-15(16)17(19)18-14-8-9-14/h2-7,10-11,14H,8-9H2,1H3,(H,18,19). The monoisotopic (exact) mass is 267 g/mol. The molecule has 1 saturated carbocycles. The predicted molar refractivity (Wildman–Crippen MR) is 78.9 cm³/mol. The second-order valence-corrected chi connectivity index (χ2v) is 5.03. The highest BCUT2D eigenvalue weighted by Crippen LogP contribution is 2.27. The third-order valence-electron chi connectivity index (χ3n) is 3.46. The molecule has 0 bridgehead atoms. The molecule has 1 aliphatic carbocycles. The molecule has 3 rings (SSSR count). The fourth-order valence-electron chi connectivity index (χ4n) is 2.19. The fourth-order valence-corrected chi connectivity index (χ4v) is 2.19. The Bertz CT molecular complexity index is 618. The molecule has 2 aromatic rings. The number of hydrogen-bond donors (Lipinski definition) is 1. The van der Waals surface area contributed by atoms with Crippen molar-refractivity contribution in [2.24, 2.45) is 0 Å². The number of rotatable bonds is 4. The topological polar surface area (TPSA) is 38.3 Å². The number of nitrogens with one attached hydrogen (secondary N) is 1. The van der Waals surface area contributed by atoms with Crippen LogP contribution in [0.3, 0.4) is 0 Å². The van der Waals surface area contributed by atoms with E-state index in [0.717, 1.165) is 24.0 Å². The lowest BCUT2D eigenvalue weighted by atomic mass is 10.0. The van der Waals surface area contributed by atoms with E-state index in [9.17, 15) is 4.79 Å². The van der Waals surface area contributed by atoms with Crippen LogP contribution in [-0.4, -0.2) is 19.1 Å². The number of carbonyl (C=O) groups excluding carboxylic acids is 1. The van der Waals surface area contributed by atoms with Crippen molar-refractivity contribution in [3.8, 4) is 16.9 Å². The van der Waals surface area contributed by atoms with E-state index in [-0.39, 0.29) is 5.91 Å². The smallest absolute Gasteiger partial charge is 0.255 e. The molecular formula is C17H17NO2. The Hall–Kier alpha value is -2.29. The molecule has 2 aromatic carbocycles. The molecule has 1 amide bonds. The maximum Gasteiger partial charge on any atom is 0.255 e.